The first-order valence-electron chi connectivity index (χ1n) is 6.22. The van der Waals surface area contributed by atoms with Gasteiger partial charge >= 0.3 is 0 Å². The van der Waals surface area contributed by atoms with Crippen LogP contribution in [0, 0.1) is 11.3 Å². The summed E-state index contributed by atoms with van der Waals surface area (Å²) in [7, 11) is 0. The van der Waals surface area contributed by atoms with Crippen molar-refractivity contribution < 1.29 is 4.79 Å². The van der Waals surface area contributed by atoms with Gasteiger partial charge in [0.1, 0.15) is 11.6 Å². The zero-order valence-electron chi connectivity index (χ0n) is 11.2. The van der Waals surface area contributed by atoms with Crippen molar-refractivity contribution in [3.63, 3.8) is 0 Å². The Bertz CT molecular complexity index is 741. The van der Waals surface area contributed by atoms with Crippen LogP contribution < -0.4 is 5.32 Å². The molecule has 114 valence electrons. The zero-order chi connectivity index (χ0) is 16.1. The van der Waals surface area contributed by atoms with Crippen LogP contribution in [0.3, 0.4) is 0 Å². The lowest BCUT2D eigenvalue weighted by atomic mass is 10.3. The van der Waals surface area contributed by atoms with Crippen molar-refractivity contribution in [2.75, 3.05) is 11.2 Å². The SMILES string of the molecule is N#Cc1cnn(-c2ncc(Br)cc2Br)c1NC(=O)CCCCl. The van der Waals surface area contributed by atoms with Crippen LogP contribution in [0.15, 0.2) is 27.4 Å². The summed E-state index contributed by atoms with van der Waals surface area (Å²) in [6, 6.07) is 3.80. The average Bonchev–Trinajstić information content (AvgIpc) is 2.87. The monoisotopic (exact) mass is 445 g/mol. The summed E-state index contributed by atoms with van der Waals surface area (Å²) in [5.41, 5.74) is 0.260. The lowest BCUT2D eigenvalue weighted by Crippen LogP contribution is -2.16. The van der Waals surface area contributed by atoms with Crippen molar-refractivity contribution in [3.8, 4) is 11.9 Å². The molecule has 0 aliphatic carbocycles. The molecule has 0 spiro atoms. The Hall–Kier alpha value is -1.43. The third kappa shape index (κ3) is 3.85. The van der Waals surface area contributed by atoms with Gasteiger partial charge in [-0.3, -0.25) is 4.79 Å². The van der Waals surface area contributed by atoms with E-state index in [0.717, 1.165) is 4.47 Å². The van der Waals surface area contributed by atoms with E-state index in [-0.39, 0.29) is 23.7 Å². The number of carbonyl (C=O) groups is 1. The highest BCUT2D eigenvalue weighted by atomic mass is 79.9. The predicted molar refractivity (Wildman–Crippen MR) is 90.1 cm³/mol. The Labute approximate surface area is 148 Å². The summed E-state index contributed by atoms with van der Waals surface area (Å²) in [6.07, 6.45) is 3.82. The number of nitriles is 1. The fourth-order valence-electron chi connectivity index (χ4n) is 1.70. The Balaban J connectivity index is 2.39. The highest BCUT2D eigenvalue weighted by molar-refractivity contribution is 9.11. The molecule has 1 N–H and O–H groups in total. The maximum Gasteiger partial charge on any atom is 0.225 e. The van der Waals surface area contributed by atoms with Gasteiger partial charge in [-0.25, -0.2) is 4.98 Å². The molecule has 0 radical (unpaired) electrons. The summed E-state index contributed by atoms with van der Waals surface area (Å²) in [4.78, 5) is 16.2. The van der Waals surface area contributed by atoms with E-state index in [2.05, 4.69) is 47.3 Å². The van der Waals surface area contributed by atoms with Gasteiger partial charge in [-0.05, 0) is 44.3 Å². The number of amides is 1. The number of alkyl halides is 1. The molecular weight excluding hydrogens is 437 g/mol. The first-order chi connectivity index (χ1) is 10.6. The van der Waals surface area contributed by atoms with E-state index >= 15 is 0 Å². The third-order valence-corrected chi connectivity index (χ3v) is 3.96. The van der Waals surface area contributed by atoms with Gasteiger partial charge in [0.2, 0.25) is 5.91 Å². The van der Waals surface area contributed by atoms with Crippen LogP contribution >= 0.6 is 43.5 Å². The van der Waals surface area contributed by atoms with Crippen molar-refractivity contribution in [1.29, 1.82) is 5.26 Å². The van der Waals surface area contributed by atoms with Gasteiger partial charge in [0.25, 0.3) is 0 Å². The van der Waals surface area contributed by atoms with Crippen molar-refractivity contribution in [3.05, 3.63) is 33.0 Å². The number of nitrogens with zero attached hydrogens (tertiary/aromatic N) is 4. The van der Waals surface area contributed by atoms with E-state index in [1.807, 2.05) is 6.07 Å². The normalized spacial score (nSPS) is 10.3. The Morgan fingerprint density at radius 3 is 2.86 bits per heavy atom. The molecule has 6 nitrogen and oxygen atoms in total. The first kappa shape index (κ1) is 16.9. The van der Waals surface area contributed by atoms with Gasteiger partial charge in [-0.2, -0.15) is 15.0 Å². The fourth-order valence-corrected chi connectivity index (χ4v) is 2.99. The first-order valence-corrected chi connectivity index (χ1v) is 8.34. The molecule has 2 aromatic heterocycles. The zero-order valence-corrected chi connectivity index (χ0v) is 15.1. The van der Waals surface area contributed by atoms with Gasteiger partial charge in [-0.1, -0.05) is 0 Å². The maximum absolute atomic E-state index is 11.9. The molecule has 0 unspecified atom stereocenters. The van der Waals surface area contributed by atoms with Gasteiger partial charge < -0.3 is 5.32 Å². The molecule has 2 heterocycles. The topological polar surface area (TPSA) is 83.6 Å². The van der Waals surface area contributed by atoms with Gasteiger partial charge in [0.15, 0.2) is 11.6 Å². The number of aromatic nitrogens is 3. The molecule has 2 aromatic rings. The number of rotatable bonds is 5. The van der Waals surface area contributed by atoms with Crippen LogP contribution in [0.5, 0.6) is 0 Å². The summed E-state index contributed by atoms with van der Waals surface area (Å²) in [5, 5.41) is 16.0. The van der Waals surface area contributed by atoms with Crippen LogP contribution in [0.1, 0.15) is 18.4 Å². The number of nitrogens with one attached hydrogen (secondary N) is 1. The van der Waals surface area contributed by atoms with E-state index in [1.54, 1.807) is 12.3 Å². The minimum atomic E-state index is -0.230. The van der Waals surface area contributed by atoms with Gasteiger partial charge in [0, 0.05) is 23.0 Å². The molecule has 1 amide bonds. The molecular formula is C13H10Br2ClN5O. The maximum atomic E-state index is 11.9. The molecule has 0 bridgehead atoms. The van der Waals surface area contributed by atoms with Crippen molar-refractivity contribution >= 4 is 55.2 Å². The summed E-state index contributed by atoms with van der Waals surface area (Å²) in [5.74, 6) is 0.930. The number of pyridine rings is 1. The fraction of sp³-hybridized carbons (Fsp3) is 0.231. The molecule has 0 saturated heterocycles. The van der Waals surface area contributed by atoms with Crippen molar-refractivity contribution in [2.24, 2.45) is 0 Å². The second kappa shape index (κ2) is 7.72. The molecule has 9 heteroatoms. The minimum absolute atomic E-state index is 0.230. The molecule has 0 saturated carbocycles. The number of anilines is 1. The van der Waals surface area contributed by atoms with Crippen molar-refractivity contribution in [2.45, 2.75) is 12.8 Å². The van der Waals surface area contributed by atoms with Crippen LogP contribution in [0.25, 0.3) is 5.82 Å². The second-order valence-corrected chi connectivity index (χ2v) is 6.38. The molecule has 0 aromatic carbocycles. The third-order valence-electron chi connectivity index (χ3n) is 2.67. The lowest BCUT2D eigenvalue weighted by Gasteiger charge is -2.10. The van der Waals surface area contributed by atoms with E-state index in [0.29, 0.717) is 22.6 Å². The summed E-state index contributed by atoms with van der Waals surface area (Å²) >= 11 is 12.3. The summed E-state index contributed by atoms with van der Waals surface area (Å²) in [6.45, 7) is 0. The van der Waals surface area contributed by atoms with Gasteiger partial charge in [-0.15, -0.1) is 11.6 Å². The van der Waals surface area contributed by atoms with E-state index in [1.165, 1.54) is 10.9 Å². The van der Waals surface area contributed by atoms with Gasteiger partial charge in [0.05, 0.1) is 10.7 Å². The van der Waals surface area contributed by atoms with E-state index < -0.39 is 0 Å². The Morgan fingerprint density at radius 2 is 2.23 bits per heavy atom. The number of halogens is 3. The Morgan fingerprint density at radius 1 is 1.45 bits per heavy atom. The van der Waals surface area contributed by atoms with Crippen LogP contribution in [0.4, 0.5) is 5.82 Å². The molecule has 2 rings (SSSR count). The highest BCUT2D eigenvalue weighted by Gasteiger charge is 2.17. The predicted octanol–water partition coefficient (Wildman–Crippen LogP) is 3.62. The minimum Gasteiger partial charge on any atom is -0.309 e. The lowest BCUT2D eigenvalue weighted by molar-refractivity contribution is -0.116. The molecule has 0 fully saturated rings. The smallest absolute Gasteiger partial charge is 0.225 e. The number of hydrogen-bond acceptors (Lipinski definition) is 4. The molecule has 22 heavy (non-hydrogen) atoms. The van der Waals surface area contributed by atoms with Crippen molar-refractivity contribution in [1.82, 2.24) is 14.8 Å². The van der Waals surface area contributed by atoms with E-state index in [9.17, 15) is 4.79 Å². The standard InChI is InChI=1S/C13H10Br2ClN5O/c14-9-4-10(15)13(18-7-9)21-12(8(5-17)6-19-21)20-11(22)2-1-3-16/h4,6-7H,1-3H2,(H,20,22). The number of carbonyl (C=O) groups excluding carboxylic acids is 1. The molecule has 0 aliphatic rings. The quantitative estimate of drug-likeness (QED) is 0.710. The van der Waals surface area contributed by atoms with Crippen LogP contribution in [-0.2, 0) is 4.79 Å². The van der Waals surface area contributed by atoms with Crippen LogP contribution in [-0.4, -0.2) is 26.6 Å². The van der Waals surface area contributed by atoms with E-state index in [4.69, 9.17) is 16.9 Å². The largest absolute Gasteiger partial charge is 0.309 e. The summed E-state index contributed by atoms with van der Waals surface area (Å²) < 4.78 is 2.88. The molecule has 0 aliphatic heterocycles. The Kier molecular flexibility index (Phi) is 5.94. The average molecular weight is 448 g/mol. The number of hydrogen-bond donors (Lipinski definition) is 1. The second-order valence-electron chi connectivity index (χ2n) is 4.23. The highest BCUT2D eigenvalue weighted by Crippen LogP contribution is 2.26. The van der Waals surface area contributed by atoms with Crippen LogP contribution in [0.2, 0.25) is 0 Å². The molecule has 0 atom stereocenters.